The summed E-state index contributed by atoms with van der Waals surface area (Å²) in [5.41, 5.74) is 2.24. The van der Waals surface area contributed by atoms with Gasteiger partial charge in [-0.1, -0.05) is 0 Å². The number of hydrogen-bond acceptors (Lipinski definition) is 3. The van der Waals surface area contributed by atoms with E-state index < -0.39 is 0 Å². The molecule has 0 aliphatic carbocycles. The number of urea groups is 1. The van der Waals surface area contributed by atoms with Crippen LogP contribution in [0.2, 0.25) is 0 Å². The zero-order valence-electron chi connectivity index (χ0n) is 13.2. The molecule has 4 rings (SSSR count). The summed E-state index contributed by atoms with van der Waals surface area (Å²) >= 11 is 1.69. The fourth-order valence-electron chi connectivity index (χ4n) is 3.65. The predicted octanol–water partition coefficient (Wildman–Crippen LogP) is 3.33. The Morgan fingerprint density at radius 2 is 2.30 bits per heavy atom. The Bertz CT molecular complexity index is 655. The lowest BCUT2D eigenvalue weighted by Crippen LogP contribution is -2.39. The van der Waals surface area contributed by atoms with Crippen LogP contribution in [0.1, 0.15) is 48.8 Å². The van der Waals surface area contributed by atoms with Gasteiger partial charge in [-0.2, -0.15) is 11.3 Å². The zero-order chi connectivity index (χ0) is 15.6. The lowest BCUT2D eigenvalue weighted by Gasteiger charge is -2.24. The Balaban J connectivity index is 1.39. The summed E-state index contributed by atoms with van der Waals surface area (Å²) in [4.78, 5) is 19.2. The first-order chi connectivity index (χ1) is 11.3. The Morgan fingerprint density at radius 1 is 1.35 bits per heavy atom. The van der Waals surface area contributed by atoms with E-state index in [1.165, 1.54) is 18.4 Å². The number of nitrogens with one attached hydrogen (secondary N) is 1. The van der Waals surface area contributed by atoms with E-state index in [4.69, 9.17) is 0 Å². The molecule has 2 aliphatic heterocycles. The first kappa shape index (κ1) is 14.8. The minimum Gasteiger partial charge on any atom is -0.335 e. The third kappa shape index (κ3) is 3.00. The van der Waals surface area contributed by atoms with Crippen molar-refractivity contribution < 1.29 is 4.79 Å². The highest BCUT2D eigenvalue weighted by Gasteiger charge is 2.30. The first-order valence-electron chi connectivity index (χ1n) is 8.43. The van der Waals surface area contributed by atoms with Crippen molar-refractivity contribution in [2.45, 2.75) is 51.2 Å². The number of hydrogen-bond donors (Lipinski definition) is 1. The van der Waals surface area contributed by atoms with Crippen LogP contribution < -0.4 is 5.32 Å². The lowest BCUT2D eigenvalue weighted by atomic mass is 10.1. The average molecular weight is 330 g/mol. The van der Waals surface area contributed by atoms with E-state index in [1.807, 2.05) is 4.90 Å². The molecule has 5 nitrogen and oxygen atoms in total. The summed E-state index contributed by atoms with van der Waals surface area (Å²) in [6.45, 7) is 2.42. The minimum atomic E-state index is 0.0321. The SMILES string of the molecule is O=C(NCc1cn2c(n1)CCCC2)N1CCCC1c1ccsc1. The zero-order valence-corrected chi connectivity index (χ0v) is 14.0. The second-order valence-electron chi connectivity index (χ2n) is 6.37. The second kappa shape index (κ2) is 6.35. The van der Waals surface area contributed by atoms with Crippen LogP contribution >= 0.6 is 11.3 Å². The largest absolute Gasteiger partial charge is 0.335 e. The van der Waals surface area contributed by atoms with E-state index in [-0.39, 0.29) is 12.1 Å². The number of carbonyl (C=O) groups is 1. The lowest BCUT2D eigenvalue weighted by molar-refractivity contribution is 0.192. The number of imidazole rings is 1. The molecule has 0 bridgehead atoms. The van der Waals surface area contributed by atoms with Crippen molar-refractivity contribution in [2.75, 3.05) is 6.54 Å². The van der Waals surface area contributed by atoms with Gasteiger partial charge in [0.15, 0.2) is 0 Å². The van der Waals surface area contributed by atoms with Crippen LogP contribution in [0, 0.1) is 0 Å². The molecule has 2 aromatic heterocycles. The number of aromatic nitrogens is 2. The summed E-state index contributed by atoms with van der Waals surface area (Å²) in [5.74, 6) is 1.16. The van der Waals surface area contributed by atoms with Crippen molar-refractivity contribution in [3.63, 3.8) is 0 Å². The van der Waals surface area contributed by atoms with Gasteiger partial charge in [0.1, 0.15) is 5.82 Å². The minimum absolute atomic E-state index is 0.0321. The Hall–Kier alpha value is -1.82. The molecule has 0 spiro atoms. The second-order valence-corrected chi connectivity index (χ2v) is 7.15. The number of thiophene rings is 1. The molecule has 1 fully saturated rings. The third-order valence-electron chi connectivity index (χ3n) is 4.82. The molecule has 0 radical (unpaired) electrons. The molecule has 4 heterocycles. The van der Waals surface area contributed by atoms with Crippen LogP contribution in [-0.2, 0) is 19.5 Å². The molecule has 23 heavy (non-hydrogen) atoms. The van der Waals surface area contributed by atoms with Gasteiger partial charge >= 0.3 is 6.03 Å². The molecule has 1 N–H and O–H groups in total. The van der Waals surface area contributed by atoms with E-state index in [1.54, 1.807) is 11.3 Å². The fourth-order valence-corrected chi connectivity index (χ4v) is 4.35. The van der Waals surface area contributed by atoms with Crippen LogP contribution in [-0.4, -0.2) is 27.0 Å². The van der Waals surface area contributed by atoms with Crippen LogP contribution in [0.5, 0.6) is 0 Å². The average Bonchev–Trinajstić information content (AvgIpc) is 3.31. The number of carbonyl (C=O) groups excluding carboxylic acids is 1. The molecule has 0 aromatic carbocycles. The molecule has 1 atom stereocenters. The van der Waals surface area contributed by atoms with Crippen molar-refractivity contribution in [3.8, 4) is 0 Å². The van der Waals surface area contributed by atoms with Gasteiger partial charge in [-0.25, -0.2) is 9.78 Å². The van der Waals surface area contributed by atoms with Crippen LogP contribution in [0.4, 0.5) is 4.79 Å². The molecule has 1 unspecified atom stereocenters. The van der Waals surface area contributed by atoms with E-state index in [9.17, 15) is 4.79 Å². The van der Waals surface area contributed by atoms with Gasteiger partial charge in [-0.15, -0.1) is 0 Å². The van der Waals surface area contributed by atoms with Crippen molar-refractivity contribution >= 4 is 17.4 Å². The first-order valence-corrected chi connectivity index (χ1v) is 9.37. The Morgan fingerprint density at radius 3 is 3.13 bits per heavy atom. The summed E-state index contributed by atoms with van der Waals surface area (Å²) in [6.07, 6.45) is 7.73. The summed E-state index contributed by atoms with van der Waals surface area (Å²) in [7, 11) is 0. The van der Waals surface area contributed by atoms with Gasteiger partial charge in [0, 0.05) is 25.7 Å². The number of amides is 2. The van der Waals surface area contributed by atoms with Crippen LogP contribution in [0.3, 0.4) is 0 Å². The molecule has 1 saturated heterocycles. The van der Waals surface area contributed by atoms with E-state index in [0.717, 1.165) is 43.9 Å². The highest BCUT2D eigenvalue weighted by atomic mass is 32.1. The Kier molecular flexibility index (Phi) is 4.08. The topological polar surface area (TPSA) is 50.2 Å². The molecule has 2 amide bonds. The quantitative estimate of drug-likeness (QED) is 0.938. The summed E-state index contributed by atoms with van der Waals surface area (Å²) < 4.78 is 2.23. The maximum atomic E-state index is 12.6. The highest BCUT2D eigenvalue weighted by molar-refractivity contribution is 7.07. The monoisotopic (exact) mass is 330 g/mol. The molecule has 122 valence electrons. The molecular weight excluding hydrogens is 308 g/mol. The molecule has 2 aromatic rings. The van der Waals surface area contributed by atoms with Crippen molar-refractivity contribution in [1.29, 1.82) is 0 Å². The van der Waals surface area contributed by atoms with E-state index >= 15 is 0 Å². The van der Waals surface area contributed by atoms with Crippen molar-refractivity contribution in [2.24, 2.45) is 0 Å². The maximum Gasteiger partial charge on any atom is 0.318 e. The number of likely N-dealkylation sites (tertiary alicyclic amines) is 1. The van der Waals surface area contributed by atoms with Gasteiger partial charge < -0.3 is 14.8 Å². The van der Waals surface area contributed by atoms with E-state index in [2.05, 4.69) is 37.9 Å². The van der Waals surface area contributed by atoms with Gasteiger partial charge in [-0.3, -0.25) is 0 Å². The predicted molar refractivity (Wildman–Crippen MR) is 90.4 cm³/mol. The normalized spacial score (nSPS) is 20.5. The number of rotatable bonds is 3. The highest BCUT2D eigenvalue weighted by Crippen LogP contribution is 2.32. The van der Waals surface area contributed by atoms with Crippen molar-refractivity contribution in [1.82, 2.24) is 19.8 Å². The molecule has 6 heteroatoms. The van der Waals surface area contributed by atoms with Gasteiger partial charge in [0.25, 0.3) is 0 Å². The Labute approximate surface area is 140 Å². The summed E-state index contributed by atoms with van der Waals surface area (Å²) in [5, 5.41) is 7.29. The number of aryl methyl sites for hydroxylation is 2. The standard InChI is InChI=1S/C17H22N4OS/c22-17(21-8-3-4-15(21)13-6-9-23-12-13)18-10-14-11-20-7-2-1-5-16(20)19-14/h6,9,11-12,15H,1-5,7-8,10H2,(H,18,22). The fraction of sp³-hybridized carbons (Fsp3) is 0.529. The van der Waals surface area contributed by atoms with Gasteiger partial charge in [-0.05, 0) is 48.1 Å². The number of nitrogens with zero attached hydrogens (tertiary/aromatic N) is 3. The van der Waals surface area contributed by atoms with Gasteiger partial charge in [0.05, 0.1) is 18.3 Å². The molecule has 0 saturated carbocycles. The summed E-state index contributed by atoms with van der Waals surface area (Å²) in [6, 6.07) is 2.39. The smallest absolute Gasteiger partial charge is 0.318 e. The van der Waals surface area contributed by atoms with E-state index in [0.29, 0.717) is 6.54 Å². The van der Waals surface area contributed by atoms with Crippen LogP contribution in [0.25, 0.3) is 0 Å². The third-order valence-corrected chi connectivity index (χ3v) is 5.52. The maximum absolute atomic E-state index is 12.6. The number of fused-ring (bicyclic) bond motifs is 1. The van der Waals surface area contributed by atoms with Gasteiger partial charge in [0.2, 0.25) is 0 Å². The molecular formula is C17H22N4OS. The molecule has 2 aliphatic rings. The van der Waals surface area contributed by atoms with Crippen molar-refractivity contribution in [3.05, 3.63) is 40.1 Å². The van der Waals surface area contributed by atoms with Crippen LogP contribution in [0.15, 0.2) is 23.0 Å².